The number of ether oxygens (including phenoxy) is 1. The van der Waals surface area contributed by atoms with E-state index in [1.165, 1.54) is 5.56 Å². The van der Waals surface area contributed by atoms with Crippen LogP contribution in [0, 0.1) is 0 Å². The van der Waals surface area contributed by atoms with Gasteiger partial charge in [-0.15, -0.1) is 0 Å². The van der Waals surface area contributed by atoms with Crippen molar-refractivity contribution in [2.24, 2.45) is 0 Å². The van der Waals surface area contributed by atoms with E-state index >= 15 is 0 Å². The maximum atomic E-state index is 13.5. The third-order valence-corrected chi connectivity index (χ3v) is 6.39. The number of aryl methyl sites for hydroxylation is 1. The zero-order valence-corrected chi connectivity index (χ0v) is 21.5. The molecule has 0 saturated carbocycles. The van der Waals surface area contributed by atoms with Gasteiger partial charge in [-0.3, -0.25) is 9.59 Å². The molecule has 0 saturated heterocycles. The van der Waals surface area contributed by atoms with Gasteiger partial charge in [0.15, 0.2) is 6.61 Å². The van der Waals surface area contributed by atoms with E-state index in [0.29, 0.717) is 28.8 Å². The highest BCUT2D eigenvalue weighted by molar-refractivity contribution is 6.42. The molecule has 1 N–H and O–H groups in total. The van der Waals surface area contributed by atoms with Gasteiger partial charge in [-0.05, 0) is 54.3 Å². The standard InChI is InChI=1S/C28H30Cl2N2O3/c1-3-20-10-13-23(14-11-20)35-19-27(33)32(18-22-12-15-24(29)25(30)16-22)26(28(34)31-4-2)17-21-8-6-5-7-9-21/h5-16,26H,3-4,17-19H2,1-2H3,(H,31,34). The number of carbonyl (C=O) groups excluding carboxylic acids is 2. The Hall–Kier alpha value is -3.02. The van der Waals surface area contributed by atoms with Crippen LogP contribution in [0.5, 0.6) is 5.75 Å². The lowest BCUT2D eigenvalue weighted by atomic mass is 10.0. The van der Waals surface area contributed by atoms with Gasteiger partial charge in [0.1, 0.15) is 11.8 Å². The molecule has 5 nitrogen and oxygen atoms in total. The van der Waals surface area contributed by atoms with Crippen LogP contribution in [0.2, 0.25) is 10.0 Å². The zero-order valence-electron chi connectivity index (χ0n) is 20.0. The highest BCUT2D eigenvalue weighted by Crippen LogP contribution is 2.24. The van der Waals surface area contributed by atoms with Crippen molar-refractivity contribution >= 4 is 35.0 Å². The summed E-state index contributed by atoms with van der Waals surface area (Å²) in [7, 11) is 0. The molecule has 2 amide bonds. The first-order valence-electron chi connectivity index (χ1n) is 11.7. The number of carbonyl (C=O) groups is 2. The molecule has 3 aromatic carbocycles. The Bertz CT molecular complexity index is 1120. The summed E-state index contributed by atoms with van der Waals surface area (Å²) < 4.78 is 5.80. The van der Waals surface area contributed by atoms with Gasteiger partial charge in [0.2, 0.25) is 5.91 Å². The molecule has 3 rings (SSSR count). The lowest BCUT2D eigenvalue weighted by Gasteiger charge is -2.31. The summed E-state index contributed by atoms with van der Waals surface area (Å²) in [6.07, 6.45) is 1.29. The van der Waals surface area contributed by atoms with Crippen molar-refractivity contribution in [1.82, 2.24) is 10.2 Å². The highest BCUT2D eigenvalue weighted by atomic mass is 35.5. The van der Waals surface area contributed by atoms with Crippen LogP contribution >= 0.6 is 23.2 Å². The number of hydrogen-bond donors (Lipinski definition) is 1. The van der Waals surface area contributed by atoms with Crippen LogP contribution in [0.25, 0.3) is 0 Å². The van der Waals surface area contributed by atoms with Crippen LogP contribution < -0.4 is 10.1 Å². The topological polar surface area (TPSA) is 58.6 Å². The SMILES string of the molecule is CCNC(=O)C(Cc1ccccc1)N(Cc1ccc(Cl)c(Cl)c1)C(=O)COc1ccc(CC)cc1. The maximum absolute atomic E-state index is 13.5. The summed E-state index contributed by atoms with van der Waals surface area (Å²) in [4.78, 5) is 28.2. The van der Waals surface area contributed by atoms with Crippen LogP contribution in [0.15, 0.2) is 72.8 Å². The number of benzene rings is 3. The van der Waals surface area contributed by atoms with Crippen LogP contribution in [0.3, 0.4) is 0 Å². The molecule has 0 aliphatic carbocycles. The Kier molecular flexibility index (Phi) is 10.0. The molecular weight excluding hydrogens is 483 g/mol. The van der Waals surface area contributed by atoms with E-state index < -0.39 is 6.04 Å². The molecule has 7 heteroatoms. The summed E-state index contributed by atoms with van der Waals surface area (Å²) in [6, 6.07) is 21.7. The number of hydrogen-bond acceptors (Lipinski definition) is 3. The Labute approximate surface area is 217 Å². The predicted octanol–water partition coefficient (Wildman–Crippen LogP) is 5.71. The molecule has 0 spiro atoms. The lowest BCUT2D eigenvalue weighted by molar-refractivity contribution is -0.142. The molecule has 0 radical (unpaired) electrons. The monoisotopic (exact) mass is 512 g/mol. The van der Waals surface area contributed by atoms with Crippen LogP contribution in [-0.2, 0) is 29.0 Å². The predicted molar refractivity (Wildman–Crippen MR) is 141 cm³/mol. The molecule has 3 aromatic rings. The summed E-state index contributed by atoms with van der Waals surface area (Å²) in [5, 5.41) is 3.69. The molecule has 0 fully saturated rings. The van der Waals surface area contributed by atoms with Gasteiger partial charge in [0.05, 0.1) is 10.0 Å². The fourth-order valence-electron chi connectivity index (χ4n) is 3.73. The molecule has 1 atom stereocenters. The van der Waals surface area contributed by atoms with E-state index in [1.54, 1.807) is 23.1 Å². The molecule has 0 heterocycles. The Balaban J connectivity index is 1.88. The number of nitrogens with zero attached hydrogens (tertiary/aromatic N) is 1. The second-order valence-corrected chi connectivity index (χ2v) is 8.97. The average Bonchev–Trinajstić information content (AvgIpc) is 2.87. The Morgan fingerprint density at radius 2 is 1.57 bits per heavy atom. The largest absolute Gasteiger partial charge is 0.484 e. The van der Waals surface area contributed by atoms with Crippen molar-refractivity contribution in [2.45, 2.75) is 39.3 Å². The minimum atomic E-state index is -0.731. The van der Waals surface area contributed by atoms with E-state index in [-0.39, 0.29) is 25.0 Å². The van der Waals surface area contributed by atoms with Gasteiger partial charge in [-0.25, -0.2) is 0 Å². The number of nitrogens with one attached hydrogen (secondary N) is 1. The maximum Gasteiger partial charge on any atom is 0.261 e. The highest BCUT2D eigenvalue weighted by Gasteiger charge is 2.30. The molecule has 35 heavy (non-hydrogen) atoms. The molecule has 0 aliphatic rings. The molecule has 1 unspecified atom stereocenters. The number of halogens is 2. The van der Waals surface area contributed by atoms with E-state index in [1.807, 2.05) is 61.5 Å². The third-order valence-electron chi connectivity index (χ3n) is 5.65. The lowest BCUT2D eigenvalue weighted by Crippen LogP contribution is -2.51. The quantitative estimate of drug-likeness (QED) is 0.357. The summed E-state index contributed by atoms with van der Waals surface area (Å²) in [5.74, 6) is 0.0718. The molecule has 0 aromatic heterocycles. The second kappa shape index (κ2) is 13.2. The van der Waals surface area contributed by atoms with Crippen LogP contribution in [-0.4, -0.2) is 35.9 Å². The minimum Gasteiger partial charge on any atom is -0.484 e. The second-order valence-electron chi connectivity index (χ2n) is 8.16. The van der Waals surface area contributed by atoms with Gasteiger partial charge in [-0.2, -0.15) is 0 Å². The van der Waals surface area contributed by atoms with Gasteiger partial charge >= 0.3 is 0 Å². The zero-order chi connectivity index (χ0) is 25.2. The summed E-state index contributed by atoms with van der Waals surface area (Å²) >= 11 is 12.3. The number of likely N-dealkylation sites (N-methyl/N-ethyl adjacent to an activating group) is 1. The van der Waals surface area contributed by atoms with Crippen molar-refractivity contribution in [3.8, 4) is 5.75 Å². The van der Waals surface area contributed by atoms with Crippen molar-refractivity contribution in [3.05, 3.63) is 99.5 Å². The Morgan fingerprint density at radius 3 is 2.20 bits per heavy atom. The normalized spacial score (nSPS) is 11.5. The summed E-state index contributed by atoms with van der Waals surface area (Å²) in [5.41, 5.74) is 2.90. The van der Waals surface area contributed by atoms with Gasteiger partial charge in [-0.1, -0.05) is 78.7 Å². The van der Waals surface area contributed by atoms with Gasteiger partial charge < -0.3 is 15.0 Å². The van der Waals surface area contributed by atoms with E-state index in [4.69, 9.17) is 27.9 Å². The van der Waals surface area contributed by atoms with E-state index in [0.717, 1.165) is 17.5 Å². The minimum absolute atomic E-state index is 0.183. The van der Waals surface area contributed by atoms with Crippen molar-refractivity contribution in [2.75, 3.05) is 13.2 Å². The smallest absolute Gasteiger partial charge is 0.261 e. The average molecular weight is 513 g/mol. The fourth-order valence-corrected chi connectivity index (χ4v) is 4.05. The fraction of sp³-hybridized carbons (Fsp3) is 0.286. The van der Waals surface area contributed by atoms with Crippen LogP contribution in [0.4, 0.5) is 0 Å². The number of rotatable bonds is 11. The van der Waals surface area contributed by atoms with Gasteiger partial charge in [0, 0.05) is 19.5 Å². The first-order chi connectivity index (χ1) is 16.9. The molecule has 0 aliphatic heterocycles. The van der Waals surface area contributed by atoms with Crippen molar-refractivity contribution < 1.29 is 14.3 Å². The van der Waals surface area contributed by atoms with Crippen molar-refractivity contribution in [1.29, 1.82) is 0 Å². The molecular formula is C28H30Cl2N2O3. The first-order valence-corrected chi connectivity index (χ1v) is 12.4. The molecule has 184 valence electrons. The summed E-state index contributed by atoms with van der Waals surface area (Å²) in [6.45, 7) is 4.37. The molecule has 0 bridgehead atoms. The number of amides is 2. The third kappa shape index (κ3) is 7.74. The Morgan fingerprint density at radius 1 is 0.886 bits per heavy atom. The van der Waals surface area contributed by atoms with Crippen LogP contribution in [0.1, 0.15) is 30.5 Å². The van der Waals surface area contributed by atoms with E-state index in [2.05, 4.69) is 12.2 Å². The van der Waals surface area contributed by atoms with Crippen molar-refractivity contribution in [3.63, 3.8) is 0 Å². The van der Waals surface area contributed by atoms with Gasteiger partial charge in [0.25, 0.3) is 5.91 Å². The van der Waals surface area contributed by atoms with E-state index in [9.17, 15) is 9.59 Å². The first kappa shape index (κ1) is 26.6.